The van der Waals surface area contributed by atoms with Crippen LogP contribution >= 0.6 is 0 Å². The van der Waals surface area contributed by atoms with Crippen LogP contribution in [0.4, 0.5) is 0 Å². The van der Waals surface area contributed by atoms with Crippen LogP contribution in [-0.4, -0.2) is 56.2 Å². The molecule has 8 heteroatoms. The Balaban J connectivity index is 1.58. The molecule has 3 rings (SSSR count). The van der Waals surface area contributed by atoms with E-state index >= 15 is 0 Å². The van der Waals surface area contributed by atoms with Gasteiger partial charge >= 0.3 is 0 Å². The van der Waals surface area contributed by atoms with Gasteiger partial charge in [-0.3, -0.25) is 4.79 Å². The average molecular weight is 410 g/mol. The van der Waals surface area contributed by atoms with E-state index in [9.17, 15) is 13.2 Å². The number of amides is 1. The van der Waals surface area contributed by atoms with Crippen LogP contribution in [0.5, 0.6) is 5.75 Å². The third kappa shape index (κ3) is 4.85. The number of para-hydroxylation sites is 1. The summed E-state index contributed by atoms with van der Waals surface area (Å²) in [5.41, 5.74) is 0.904. The molecule has 1 aromatic rings. The number of rotatable bonds is 6. The predicted octanol–water partition coefficient (Wildman–Crippen LogP) is 2.00. The van der Waals surface area contributed by atoms with Crippen molar-refractivity contribution >= 4 is 16.1 Å². The Labute approximate surface area is 168 Å². The van der Waals surface area contributed by atoms with E-state index in [1.807, 2.05) is 24.3 Å². The van der Waals surface area contributed by atoms with Crippen LogP contribution in [0.1, 0.15) is 38.2 Å². The zero-order chi connectivity index (χ0) is 20.1. The highest BCUT2D eigenvalue weighted by Crippen LogP contribution is 2.25. The van der Waals surface area contributed by atoms with Crippen LogP contribution in [0, 0.1) is 11.8 Å². The Morgan fingerprint density at radius 3 is 2.57 bits per heavy atom. The van der Waals surface area contributed by atoms with Crippen LogP contribution in [-0.2, 0) is 21.5 Å². The van der Waals surface area contributed by atoms with Crippen molar-refractivity contribution in [1.82, 2.24) is 13.9 Å². The van der Waals surface area contributed by atoms with E-state index in [4.69, 9.17) is 4.74 Å². The van der Waals surface area contributed by atoms with Gasteiger partial charge in [0.15, 0.2) is 0 Å². The van der Waals surface area contributed by atoms with E-state index in [2.05, 4.69) is 12.2 Å². The van der Waals surface area contributed by atoms with Crippen LogP contribution in [0.2, 0.25) is 0 Å². The van der Waals surface area contributed by atoms with Crippen molar-refractivity contribution in [2.45, 2.75) is 39.2 Å². The first-order valence-corrected chi connectivity index (χ1v) is 11.5. The van der Waals surface area contributed by atoms with Gasteiger partial charge in [0, 0.05) is 38.3 Å². The molecule has 2 heterocycles. The topological polar surface area (TPSA) is 79.0 Å². The highest BCUT2D eigenvalue weighted by Gasteiger charge is 2.36. The van der Waals surface area contributed by atoms with E-state index in [-0.39, 0.29) is 18.4 Å². The van der Waals surface area contributed by atoms with Crippen LogP contribution in [0.15, 0.2) is 24.3 Å². The molecule has 2 saturated heterocycles. The Kier molecular flexibility index (Phi) is 6.95. The summed E-state index contributed by atoms with van der Waals surface area (Å²) in [6, 6.07) is 7.55. The van der Waals surface area contributed by atoms with Crippen molar-refractivity contribution in [1.29, 1.82) is 0 Å². The quantitative estimate of drug-likeness (QED) is 0.779. The Bertz CT molecular complexity index is 775. The number of ether oxygens (including phenoxy) is 1. The zero-order valence-corrected chi connectivity index (χ0v) is 17.6. The molecule has 0 spiro atoms. The molecule has 7 nitrogen and oxygen atoms in total. The van der Waals surface area contributed by atoms with E-state index in [0.717, 1.165) is 24.2 Å². The van der Waals surface area contributed by atoms with Crippen molar-refractivity contribution in [3.05, 3.63) is 29.8 Å². The number of piperidine rings is 2. The van der Waals surface area contributed by atoms with Gasteiger partial charge in [0.1, 0.15) is 5.75 Å². The van der Waals surface area contributed by atoms with Gasteiger partial charge in [-0.25, -0.2) is 0 Å². The second kappa shape index (κ2) is 9.24. The smallest absolute Gasteiger partial charge is 0.281 e. The van der Waals surface area contributed by atoms with Gasteiger partial charge in [0.05, 0.1) is 13.0 Å². The first kappa shape index (κ1) is 21.1. The number of carbonyl (C=O) groups is 1. The maximum atomic E-state index is 13.0. The van der Waals surface area contributed by atoms with Crippen molar-refractivity contribution in [2.75, 3.05) is 33.3 Å². The van der Waals surface area contributed by atoms with Crippen molar-refractivity contribution in [3.8, 4) is 5.75 Å². The van der Waals surface area contributed by atoms with Crippen LogP contribution < -0.4 is 10.1 Å². The average Bonchev–Trinajstić information content (AvgIpc) is 2.72. The standard InChI is InChI=1S/C20H31N3O4S/c1-16-9-12-22(13-10-16)28(25,26)23-11-5-7-18(15-23)20(24)21-14-17-6-3-4-8-19(17)27-2/h3-4,6,8,16,18H,5,7,9-15H2,1-2H3,(H,21,24)/t18-/m0/s1. The third-order valence-electron chi connectivity index (χ3n) is 5.80. The fourth-order valence-electron chi connectivity index (χ4n) is 3.92. The lowest BCUT2D eigenvalue weighted by atomic mass is 9.98. The van der Waals surface area contributed by atoms with Gasteiger partial charge in [0.2, 0.25) is 5.91 Å². The van der Waals surface area contributed by atoms with Gasteiger partial charge in [-0.2, -0.15) is 17.0 Å². The number of nitrogens with one attached hydrogen (secondary N) is 1. The third-order valence-corrected chi connectivity index (χ3v) is 7.80. The van der Waals surface area contributed by atoms with E-state index in [0.29, 0.717) is 44.9 Å². The van der Waals surface area contributed by atoms with Gasteiger partial charge in [-0.05, 0) is 37.7 Å². The number of nitrogens with zero attached hydrogens (tertiary/aromatic N) is 2. The molecule has 0 aliphatic carbocycles. The summed E-state index contributed by atoms with van der Waals surface area (Å²) >= 11 is 0. The summed E-state index contributed by atoms with van der Waals surface area (Å²) < 4.78 is 34.4. The van der Waals surface area contributed by atoms with Gasteiger partial charge in [-0.1, -0.05) is 25.1 Å². The molecule has 0 radical (unpaired) electrons. The second-order valence-electron chi connectivity index (χ2n) is 7.82. The lowest BCUT2D eigenvalue weighted by molar-refractivity contribution is -0.126. The second-order valence-corrected chi connectivity index (χ2v) is 9.74. The van der Waals surface area contributed by atoms with Crippen molar-refractivity contribution in [2.24, 2.45) is 11.8 Å². The number of hydrogen-bond donors (Lipinski definition) is 1. The summed E-state index contributed by atoms with van der Waals surface area (Å²) in [4.78, 5) is 12.7. The molecule has 2 aliphatic heterocycles. The van der Waals surface area contributed by atoms with Gasteiger partial charge < -0.3 is 10.1 Å². The molecule has 2 aliphatic rings. The molecular weight excluding hydrogens is 378 g/mol. The fraction of sp³-hybridized carbons (Fsp3) is 0.650. The Hall–Kier alpha value is -1.64. The number of hydrogen-bond acceptors (Lipinski definition) is 4. The van der Waals surface area contributed by atoms with Crippen molar-refractivity contribution in [3.63, 3.8) is 0 Å². The summed E-state index contributed by atoms with van der Waals surface area (Å²) in [5.74, 6) is 0.885. The van der Waals surface area contributed by atoms with E-state index in [1.54, 1.807) is 11.4 Å². The van der Waals surface area contributed by atoms with Crippen molar-refractivity contribution < 1.29 is 17.9 Å². The maximum Gasteiger partial charge on any atom is 0.281 e. The molecule has 1 N–H and O–H groups in total. The minimum absolute atomic E-state index is 0.0990. The number of benzene rings is 1. The Morgan fingerprint density at radius 2 is 1.86 bits per heavy atom. The first-order valence-electron chi connectivity index (χ1n) is 10.1. The highest BCUT2D eigenvalue weighted by molar-refractivity contribution is 7.86. The fourth-order valence-corrected chi connectivity index (χ4v) is 5.65. The van der Waals surface area contributed by atoms with Gasteiger partial charge in [0.25, 0.3) is 10.2 Å². The van der Waals surface area contributed by atoms with Gasteiger partial charge in [-0.15, -0.1) is 0 Å². The SMILES string of the molecule is COc1ccccc1CNC(=O)[C@H]1CCCN(S(=O)(=O)N2CCC(C)CC2)C1. The lowest BCUT2D eigenvalue weighted by Crippen LogP contribution is -2.52. The molecule has 1 amide bonds. The monoisotopic (exact) mass is 409 g/mol. The summed E-state index contributed by atoms with van der Waals surface area (Å²) in [5, 5.41) is 2.95. The van der Waals surface area contributed by atoms with Crippen LogP contribution in [0.3, 0.4) is 0 Å². The molecule has 2 fully saturated rings. The maximum absolute atomic E-state index is 13.0. The molecule has 0 bridgehead atoms. The minimum Gasteiger partial charge on any atom is -0.496 e. The number of carbonyl (C=O) groups excluding carboxylic acids is 1. The molecule has 0 saturated carbocycles. The highest BCUT2D eigenvalue weighted by atomic mass is 32.2. The lowest BCUT2D eigenvalue weighted by Gasteiger charge is -2.37. The van der Waals surface area contributed by atoms with E-state index in [1.165, 1.54) is 4.31 Å². The molecule has 0 aromatic heterocycles. The minimum atomic E-state index is -3.49. The molecule has 28 heavy (non-hydrogen) atoms. The molecule has 1 aromatic carbocycles. The molecule has 0 unspecified atom stereocenters. The summed E-state index contributed by atoms with van der Waals surface area (Å²) in [7, 11) is -1.88. The normalized spacial score (nSPS) is 22.7. The molecule has 1 atom stereocenters. The zero-order valence-electron chi connectivity index (χ0n) is 16.8. The summed E-state index contributed by atoms with van der Waals surface area (Å²) in [6.07, 6.45) is 3.21. The number of methoxy groups -OCH3 is 1. The predicted molar refractivity (Wildman–Crippen MR) is 108 cm³/mol. The molecular formula is C20H31N3O4S. The molecule has 156 valence electrons. The Morgan fingerprint density at radius 1 is 1.14 bits per heavy atom. The largest absolute Gasteiger partial charge is 0.496 e. The summed E-state index contributed by atoms with van der Waals surface area (Å²) in [6.45, 7) is 4.43. The first-order chi connectivity index (χ1) is 13.4. The van der Waals surface area contributed by atoms with Crippen LogP contribution in [0.25, 0.3) is 0 Å². The van der Waals surface area contributed by atoms with E-state index < -0.39 is 10.2 Å².